The fourth-order valence-electron chi connectivity index (χ4n) is 1.87. The van der Waals surface area contributed by atoms with Gasteiger partial charge in [-0.25, -0.2) is 0 Å². The van der Waals surface area contributed by atoms with Crippen molar-refractivity contribution in [3.63, 3.8) is 0 Å². The van der Waals surface area contributed by atoms with E-state index in [0.717, 1.165) is 0 Å². The Morgan fingerprint density at radius 3 is 3.05 bits per heavy atom. The molecule has 0 spiro atoms. The molecule has 0 aliphatic rings. The zero-order valence-corrected chi connectivity index (χ0v) is 11.4. The Bertz CT molecular complexity index is 879. The minimum absolute atomic E-state index is 0.0485. The monoisotopic (exact) mass is 309 g/mol. The van der Waals surface area contributed by atoms with Crippen LogP contribution < -0.4 is 11.3 Å². The Labute approximate surface area is 118 Å². The first-order valence-corrected chi connectivity index (χ1v) is 6.49. The third kappa shape index (κ3) is 3.03. The van der Waals surface area contributed by atoms with E-state index in [1.807, 2.05) is 11.9 Å². The van der Waals surface area contributed by atoms with E-state index >= 15 is 0 Å². The second kappa shape index (κ2) is 6.37. The number of hydrogen-bond donors (Lipinski definition) is 2. The number of nitrogen functional groups attached to an aromatic ring is 1. The molecule has 0 amide bonds. The normalized spacial score (nSPS) is 11.8. The Morgan fingerprint density at radius 2 is 2.43 bits per heavy atom. The molecular formula is C11H9FN5O3P. The summed E-state index contributed by atoms with van der Waals surface area (Å²) in [5.41, 5.74) is 5.15. The van der Waals surface area contributed by atoms with Gasteiger partial charge in [0.05, 0.1) is 0 Å². The van der Waals surface area contributed by atoms with Gasteiger partial charge in [-0.1, -0.05) is 0 Å². The number of H-pyrrole nitrogens is 1. The quantitative estimate of drug-likeness (QED) is 0.802. The van der Waals surface area contributed by atoms with Gasteiger partial charge in [-0.2, -0.15) is 0 Å². The summed E-state index contributed by atoms with van der Waals surface area (Å²) in [5, 5.41) is 9.11. The number of nitrogens with zero attached hydrogens (tertiary/aromatic N) is 3. The van der Waals surface area contributed by atoms with E-state index < -0.39 is 26.3 Å². The molecule has 2 aromatic heterocycles. The molecule has 0 unspecified atom stereocenters. The average Bonchev–Trinajstić information content (AvgIpc) is 2.81. The van der Waals surface area contributed by atoms with Gasteiger partial charge in [0.1, 0.15) is 0 Å². The van der Waals surface area contributed by atoms with E-state index in [0.29, 0.717) is 0 Å². The van der Waals surface area contributed by atoms with Gasteiger partial charge in [0, 0.05) is 0 Å². The van der Waals surface area contributed by atoms with Crippen LogP contribution in [0.2, 0.25) is 0 Å². The molecule has 2 rings (SSSR count). The van der Waals surface area contributed by atoms with E-state index in [2.05, 4.69) is 9.97 Å². The number of fused-ring (bicyclic) bond motifs is 1. The van der Waals surface area contributed by atoms with Crippen LogP contribution in [0, 0.1) is 17.1 Å². The van der Waals surface area contributed by atoms with Crippen molar-refractivity contribution in [2.45, 2.75) is 12.6 Å². The van der Waals surface area contributed by atoms with E-state index in [-0.39, 0.29) is 29.1 Å². The van der Waals surface area contributed by atoms with Crippen molar-refractivity contribution in [3.8, 4) is 11.9 Å². The Morgan fingerprint density at radius 1 is 1.67 bits per heavy atom. The number of halogens is 1. The Hall–Kier alpha value is -2.39. The second-order valence-corrected chi connectivity index (χ2v) is 4.40. The van der Waals surface area contributed by atoms with Crippen LogP contribution in [0.25, 0.3) is 11.0 Å². The zero-order chi connectivity index (χ0) is 15.4. The summed E-state index contributed by atoms with van der Waals surface area (Å²) < 4.78 is 29.3. The summed E-state index contributed by atoms with van der Waals surface area (Å²) in [7, 11) is -0.506. The van der Waals surface area contributed by atoms with Crippen molar-refractivity contribution in [1.82, 2.24) is 14.5 Å². The maximum atomic E-state index is 12.9. The predicted octanol–water partition coefficient (Wildman–Crippen LogP) is 0.742. The van der Waals surface area contributed by atoms with Gasteiger partial charge in [-0.15, -0.1) is 0 Å². The van der Waals surface area contributed by atoms with Crippen LogP contribution in [0.1, 0.15) is 5.56 Å². The first-order valence-electron chi connectivity index (χ1n) is 5.68. The first kappa shape index (κ1) is 15.0. The standard InChI is InChI=1S/C11H9FN5O3P/c12-1-7(20-5-21-19)4-17-3-6(2-13)8-9(17)15-11(14)16-10(8)18/h3,7H,1,4H2,(H3,14,15,16,18)/t7-/m0/s1. The molecule has 0 aromatic carbocycles. The molecule has 10 heteroatoms. The molecule has 1 atom stereocenters. The molecule has 8 nitrogen and oxygen atoms in total. The van der Waals surface area contributed by atoms with E-state index in [4.69, 9.17) is 15.7 Å². The summed E-state index contributed by atoms with van der Waals surface area (Å²) >= 11 is 0. The number of ether oxygens (including phenoxy) is 1. The number of aromatic nitrogens is 3. The molecule has 3 N–H and O–H groups in total. The van der Waals surface area contributed by atoms with Crippen molar-refractivity contribution in [2.75, 3.05) is 12.4 Å². The van der Waals surface area contributed by atoms with Gasteiger partial charge < -0.3 is 0 Å². The molecule has 2 heterocycles. The molecule has 108 valence electrons. The molecular weight excluding hydrogens is 300 g/mol. The molecule has 0 bridgehead atoms. The Kier molecular flexibility index (Phi) is 4.55. The number of rotatable bonds is 4. The topological polar surface area (TPSA) is 127 Å². The van der Waals surface area contributed by atoms with Crippen molar-refractivity contribution in [1.29, 1.82) is 5.26 Å². The first-order chi connectivity index (χ1) is 10.1. The zero-order valence-electron chi connectivity index (χ0n) is 10.5. The number of nitrogens with one attached hydrogen (secondary N) is 1. The SMILES string of the molecule is N#Cc1cn(C[C@H](CF)OC#P=O)c2nc(N)[nH]c(=O)c12. The number of nitrogens with two attached hydrogens (primary N) is 1. The molecule has 0 saturated heterocycles. The maximum absolute atomic E-state index is 12.9. The summed E-state index contributed by atoms with van der Waals surface area (Å²) in [6.45, 7) is -0.921. The molecule has 0 aliphatic heterocycles. The van der Waals surface area contributed by atoms with Crippen LogP contribution >= 0.6 is 7.92 Å². The van der Waals surface area contributed by atoms with E-state index in [1.165, 1.54) is 10.8 Å². The Balaban J connectivity index is 2.53. The van der Waals surface area contributed by atoms with E-state index in [1.54, 1.807) is 0 Å². The molecule has 2 aromatic rings. The minimum atomic E-state index is -0.976. The number of hydrogen-bond acceptors (Lipinski definition) is 6. The molecule has 21 heavy (non-hydrogen) atoms. The van der Waals surface area contributed by atoms with Crippen LogP contribution in [0.3, 0.4) is 0 Å². The third-order valence-electron chi connectivity index (χ3n) is 2.69. The van der Waals surface area contributed by atoms with Crippen LogP contribution in [0.15, 0.2) is 11.0 Å². The van der Waals surface area contributed by atoms with Gasteiger partial charge in [0.25, 0.3) is 0 Å². The number of alkyl halides is 1. The van der Waals surface area contributed by atoms with Gasteiger partial charge in [-0.05, 0) is 0 Å². The summed E-state index contributed by atoms with van der Waals surface area (Å²) in [5.74, 6) is 1.88. The molecule has 0 saturated carbocycles. The van der Waals surface area contributed by atoms with Crippen molar-refractivity contribution < 1.29 is 13.7 Å². The third-order valence-corrected chi connectivity index (χ3v) is 2.87. The van der Waals surface area contributed by atoms with Gasteiger partial charge in [-0.3, -0.25) is 0 Å². The summed E-state index contributed by atoms with van der Waals surface area (Å²) in [6, 6.07) is 1.86. The number of anilines is 1. The van der Waals surface area contributed by atoms with Crippen LogP contribution in [0.4, 0.5) is 10.3 Å². The van der Waals surface area contributed by atoms with Crippen molar-refractivity contribution in [2.24, 2.45) is 0 Å². The molecule has 0 aliphatic carbocycles. The predicted molar refractivity (Wildman–Crippen MR) is 71.8 cm³/mol. The van der Waals surface area contributed by atoms with Crippen LogP contribution in [0.5, 0.6) is 0 Å². The summed E-state index contributed by atoms with van der Waals surface area (Å²) in [4.78, 5) is 18.1. The molecule has 0 radical (unpaired) electrons. The fourth-order valence-corrected chi connectivity index (χ4v) is 2.06. The fraction of sp³-hybridized carbons (Fsp3) is 0.273. The summed E-state index contributed by atoms with van der Waals surface area (Å²) in [6.07, 6.45) is 0.378. The molecule has 0 fully saturated rings. The van der Waals surface area contributed by atoms with Crippen molar-refractivity contribution in [3.05, 3.63) is 22.1 Å². The van der Waals surface area contributed by atoms with E-state index in [9.17, 15) is 13.8 Å². The van der Waals surface area contributed by atoms with Gasteiger partial charge >= 0.3 is 117 Å². The van der Waals surface area contributed by atoms with Gasteiger partial charge in [0.2, 0.25) is 0 Å². The van der Waals surface area contributed by atoms with Crippen LogP contribution in [-0.2, 0) is 15.8 Å². The average molecular weight is 309 g/mol. The number of aromatic amines is 1. The van der Waals surface area contributed by atoms with Crippen LogP contribution in [-0.4, -0.2) is 27.3 Å². The number of nitriles is 1. The van der Waals surface area contributed by atoms with Crippen molar-refractivity contribution >= 4 is 24.9 Å². The second-order valence-electron chi connectivity index (χ2n) is 4.03. The van der Waals surface area contributed by atoms with Gasteiger partial charge in [0.15, 0.2) is 0 Å².